The molecule has 0 fully saturated rings. The molecule has 0 aliphatic heterocycles. The summed E-state index contributed by atoms with van der Waals surface area (Å²) in [6.45, 7) is 2.09. The zero-order valence-electron chi connectivity index (χ0n) is 13.2. The van der Waals surface area contributed by atoms with Crippen molar-refractivity contribution in [2.45, 2.75) is 19.8 Å². The lowest BCUT2D eigenvalue weighted by molar-refractivity contribution is 0.308. The van der Waals surface area contributed by atoms with Gasteiger partial charge in [-0.3, -0.25) is 0 Å². The van der Waals surface area contributed by atoms with Crippen molar-refractivity contribution in [2.75, 3.05) is 7.11 Å². The highest BCUT2D eigenvalue weighted by molar-refractivity contribution is 6.42. The van der Waals surface area contributed by atoms with E-state index in [1.165, 1.54) is 11.1 Å². The standard InChI is InChI=1S/C20H18Cl2O/c1-13-6-8-14(9-7-13)20-16(4-3-5-19(20)23-2)15-10-11-17(21)18(22)12-15/h5-12H,3-4H2,1-2H3. The van der Waals surface area contributed by atoms with Crippen LogP contribution >= 0.6 is 23.2 Å². The zero-order chi connectivity index (χ0) is 16.4. The number of ether oxygens (including phenoxy) is 1. The molecule has 0 atom stereocenters. The number of methoxy groups -OCH3 is 1. The van der Waals surface area contributed by atoms with E-state index in [1.807, 2.05) is 18.2 Å². The highest BCUT2D eigenvalue weighted by atomic mass is 35.5. The number of rotatable bonds is 3. The van der Waals surface area contributed by atoms with E-state index in [0.717, 1.165) is 35.3 Å². The van der Waals surface area contributed by atoms with E-state index in [9.17, 15) is 0 Å². The average Bonchev–Trinajstić information content (AvgIpc) is 2.57. The minimum Gasteiger partial charge on any atom is -0.496 e. The van der Waals surface area contributed by atoms with E-state index in [2.05, 4.69) is 37.3 Å². The molecule has 0 spiro atoms. The van der Waals surface area contributed by atoms with Gasteiger partial charge in [0, 0.05) is 5.57 Å². The smallest absolute Gasteiger partial charge is 0.123 e. The lowest BCUT2D eigenvalue weighted by atomic mass is 9.86. The molecule has 0 heterocycles. The summed E-state index contributed by atoms with van der Waals surface area (Å²) in [4.78, 5) is 0. The molecule has 0 saturated heterocycles. The van der Waals surface area contributed by atoms with Gasteiger partial charge >= 0.3 is 0 Å². The van der Waals surface area contributed by atoms with Gasteiger partial charge in [0.1, 0.15) is 5.76 Å². The Morgan fingerprint density at radius 3 is 2.26 bits per heavy atom. The molecular weight excluding hydrogens is 327 g/mol. The van der Waals surface area contributed by atoms with Gasteiger partial charge < -0.3 is 4.74 Å². The van der Waals surface area contributed by atoms with Crippen LogP contribution in [0.15, 0.2) is 54.3 Å². The van der Waals surface area contributed by atoms with Crippen LogP contribution in [0, 0.1) is 6.92 Å². The second-order valence-corrected chi connectivity index (χ2v) is 6.47. The summed E-state index contributed by atoms with van der Waals surface area (Å²) >= 11 is 12.3. The number of hydrogen-bond donors (Lipinski definition) is 0. The summed E-state index contributed by atoms with van der Waals surface area (Å²) in [5.74, 6) is 0.918. The van der Waals surface area contributed by atoms with Crippen molar-refractivity contribution in [1.82, 2.24) is 0 Å². The first-order valence-electron chi connectivity index (χ1n) is 7.60. The maximum atomic E-state index is 6.22. The van der Waals surface area contributed by atoms with Crippen molar-refractivity contribution in [3.8, 4) is 0 Å². The third kappa shape index (κ3) is 3.31. The molecule has 118 valence electrons. The molecule has 2 aromatic carbocycles. The molecule has 0 bridgehead atoms. The van der Waals surface area contributed by atoms with Crippen LogP contribution in [-0.2, 0) is 4.74 Å². The first-order chi connectivity index (χ1) is 11.1. The van der Waals surface area contributed by atoms with Crippen LogP contribution in [0.2, 0.25) is 10.0 Å². The molecule has 1 aliphatic carbocycles. The molecule has 0 radical (unpaired) electrons. The van der Waals surface area contributed by atoms with Crippen LogP contribution < -0.4 is 0 Å². The van der Waals surface area contributed by atoms with Crippen LogP contribution in [0.5, 0.6) is 0 Å². The molecule has 1 aliphatic rings. The Morgan fingerprint density at radius 2 is 1.61 bits per heavy atom. The highest BCUT2D eigenvalue weighted by Crippen LogP contribution is 2.40. The Kier molecular flexibility index (Phi) is 4.79. The molecule has 0 saturated carbocycles. The van der Waals surface area contributed by atoms with Crippen molar-refractivity contribution < 1.29 is 4.74 Å². The summed E-state index contributed by atoms with van der Waals surface area (Å²) in [5, 5.41) is 1.15. The van der Waals surface area contributed by atoms with Gasteiger partial charge in [0.25, 0.3) is 0 Å². The Hall–Kier alpha value is -1.70. The molecule has 3 rings (SSSR count). The number of aryl methyl sites for hydroxylation is 1. The van der Waals surface area contributed by atoms with Gasteiger partial charge in [-0.15, -0.1) is 0 Å². The molecule has 3 heteroatoms. The van der Waals surface area contributed by atoms with Crippen LogP contribution in [0.25, 0.3) is 11.1 Å². The number of allylic oxidation sites excluding steroid dienone is 3. The number of halogens is 2. The molecular formula is C20H18Cl2O. The molecule has 23 heavy (non-hydrogen) atoms. The van der Waals surface area contributed by atoms with Gasteiger partial charge in [0.2, 0.25) is 0 Å². The average molecular weight is 345 g/mol. The Balaban J connectivity index is 2.19. The molecule has 0 unspecified atom stereocenters. The lowest BCUT2D eigenvalue weighted by Crippen LogP contribution is -2.03. The fourth-order valence-electron chi connectivity index (χ4n) is 2.92. The predicted octanol–water partition coefficient (Wildman–Crippen LogP) is 6.54. The van der Waals surface area contributed by atoms with Gasteiger partial charge in [0.15, 0.2) is 0 Å². The lowest BCUT2D eigenvalue weighted by Gasteiger charge is -2.22. The van der Waals surface area contributed by atoms with Crippen molar-refractivity contribution >= 4 is 34.3 Å². The van der Waals surface area contributed by atoms with E-state index >= 15 is 0 Å². The molecule has 0 amide bonds. The minimum atomic E-state index is 0.575. The van der Waals surface area contributed by atoms with E-state index < -0.39 is 0 Å². The first kappa shape index (κ1) is 16.2. The Labute approximate surface area is 147 Å². The zero-order valence-corrected chi connectivity index (χ0v) is 14.7. The maximum absolute atomic E-state index is 6.22. The van der Waals surface area contributed by atoms with Crippen molar-refractivity contribution in [3.63, 3.8) is 0 Å². The van der Waals surface area contributed by atoms with Crippen LogP contribution in [0.3, 0.4) is 0 Å². The second kappa shape index (κ2) is 6.82. The fourth-order valence-corrected chi connectivity index (χ4v) is 3.22. The predicted molar refractivity (Wildman–Crippen MR) is 98.8 cm³/mol. The van der Waals surface area contributed by atoms with Crippen LogP contribution in [-0.4, -0.2) is 7.11 Å². The summed E-state index contributed by atoms with van der Waals surface area (Å²) in [7, 11) is 1.72. The maximum Gasteiger partial charge on any atom is 0.123 e. The van der Waals surface area contributed by atoms with Gasteiger partial charge in [-0.2, -0.15) is 0 Å². The van der Waals surface area contributed by atoms with Crippen LogP contribution in [0.4, 0.5) is 0 Å². The van der Waals surface area contributed by atoms with Crippen LogP contribution in [0.1, 0.15) is 29.5 Å². The van der Waals surface area contributed by atoms with Crippen molar-refractivity contribution in [1.29, 1.82) is 0 Å². The first-order valence-corrected chi connectivity index (χ1v) is 8.36. The Morgan fingerprint density at radius 1 is 0.913 bits per heavy atom. The summed E-state index contributed by atoms with van der Waals surface area (Å²) in [6.07, 6.45) is 4.05. The SMILES string of the molecule is COC1=CCCC(c2ccc(Cl)c(Cl)c2)=C1c1ccc(C)cc1. The molecule has 0 aromatic heterocycles. The highest BCUT2D eigenvalue weighted by Gasteiger charge is 2.20. The van der Waals surface area contributed by atoms with Gasteiger partial charge in [-0.1, -0.05) is 59.1 Å². The van der Waals surface area contributed by atoms with Gasteiger partial charge in [0.05, 0.1) is 17.2 Å². The molecule has 1 nitrogen and oxygen atoms in total. The monoisotopic (exact) mass is 344 g/mol. The summed E-state index contributed by atoms with van der Waals surface area (Å²) in [5.41, 5.74) is 5.87. The molecule has 2 aromatic rings. The summed E-state index contributed by atoms with van der Waals surface area (Å²) in [6, 6.07) is 14.3. The van der Waals surface area contributed by atoms with E-state index in [-0.39, 0.29) is 0 Å². The van der Waals surface area contributed by atoms with E-state index in [4.69, 9.17) is 27.9 Å². The Bertz CT molecular complexity index is 786. The van der Waals surface area contributed by atoms with Gasteiger partial charge in [-0.25, -0.2) is 0 Å². The van der Waals surface area contributed by atoms with E-state index in [1.54, 1.807) is 7.11 Å². The molecule has 0 N–H and O–H groups in total. The quantitative estimate of drug-likeness (QED) is 0.614. The summed E-state index contributed by atoms with van der Waals surface area (Å²) < 4.78 is 5.64. The van der Waals surface area contributed by atoms with Crippen molar-refractivity contribution in [2.24, 2.45) is 0 Å². The number of hydrogen-bond acceptors (Lipinski definition) is 1. The third-order valence-electron chi connectivity index (χ3n) is 4.10. The second-order valence-electron chi connectivity index (χ2n) is 5.66. The van der Waals surface area contributed by atoms with Gasteiger partial charge in [-0.05, 0) is 54.7 Å². The largest absolute Gasteiger partial charge is 0.496 e. The third-order valence-corrected chi connectivity index (χ3v) is 4.84. The van der Waals surface area contributed by atoms with E-state index in [0.29, 0.717) is 10.0 Å². The fraction of sp³-hybridized carbons (Fsp3) is 0.200. The minimum absolute atomic E-state index is 0.575. The number of benzene rings is 2. The normalized spacial score (nSPS) is 14.7. The topological polar surface area (TPSA) is 9.23 Å². The van der Waals surface area contributed by atoms with Crippen molar-refractivity contribution in [3.05, 3.63) is 81.0 Å².